The summed E-state index contributed by atoms with van der Waals surface area (Å²) in [6.45, 7) is 1.54. The van der Waals surface area contributed by atoms with Crippen molar-refractivity contribution >= 4 is 10.0 Å². The molecule has 1 N–H and O–H groups in total. The van der Waals surface area contributed by atoms with Crippen molar-refractivity contribution in [1.82, 2.24) is 9.71 Å². The molecule has 1 fully saturated rings. The molecular weight excluding hydrogens is 340 g/mol. The molecule has 2 heterocycles. The maximum Gasteiger partial charge on any atom is 0.242 e. The Kier molecular flexibility index (Phi) is 5.36. The minimum atomic E-state index is -3.60. The lowest BCUT2D eigenvalue weighted by molar-refractivity contribution is 0.0517. The molecule has 0 amide bonds. The van der Waals surface area contributed by atoms with E-state index in [2.05, 4.69) is 9.71 Å². The summed E-state index contributed by atoms with van der Waals surface area (Å²) in [6, 6.07) is 11.0. The molecule has 1 aromatic heterocycles. The number of aromatic nitrogens is 1. The van der Waals surface area contributed by atoms with E-state index in [9.17, 15) is 8.42 Å². The minimum Gasteiger partial charge on any atom is -0.497 e. The SMILES string of the molecule is COc1ccc(C2(CNS(=O)(=O)c3cccnc3)CCOCC2)cc1. The fourth-order valence-corrected chi connectivity index (χ4v) is 4.19. The second kappa shape index (κ2) is 7.51. The smallest absolute Gasteiger partial charge is 0.242 e. The zero-order valence-electron chi connectivity index (χ0n) is 14.1. The van der Waals surface area contributed by atoms with Gasteiger partial charge in [0.2, 0.25) is 10.0 Å². The Hall–Kier alpha value is -1.96. The monoisotopic (exact) mass is 362 g/mol. The van der Waals surface area contributed by atoms with E-state index >= 15 is 0 Å². The van der Waals surface area contributed by atoms with Crippen molar-refractivity contribution in [2.45, 2.75) is 23.2 Å². The largest absolute Gasteiger partial charge is 0.497 e. The third-order valence-corrected chi connectivity index (χ3v) is 6.08. The summed E-state index contributed by atoms with van der Waals surface area (Å²) in [5.41, 5.74) is 0.797. The number of rotatable bonds is 6. The number of benzene rings is 1. The molecule has 0 unspecified atom stereocenters. The van der Waals surface area contributed by atoms with Gasteiger partial charge in [-0.1, -0.05) is 12.1 Å². The fourth-order valence-electron chi connectivity index (χ4n) is 3.10. The fraction of sp³-hybridized carbons (Fsp3) is 0.389. The standard InChI is InChI=1S/C18H22N2O4S/c1-23-16-6-4-15(5-7-16)18(8-11-24-12-9-18)14-20-25(21,22)17-3-2-10-19-13-17/h2-7,10,13,20H,8-9,11-12,14H2,1H3. The van der Waals surface area contributed by atoms with Crippen LogP contribution in [-0.4, -0.2) is 40.3 Å². The summed E-state index contributed by atoms with van der Waals surface area (Å²) in [5, 5.41) is 0. The third kappa shape index (κ3) is 4.00. The van der Waals surface area contributed by atoms with Gasteiger partial charge in [-0.3, -0.25) is 4.98 Å². The quantitative estimate of drug-likeness (QED) is 0.852. The first-order valence-corrected chi connectivity index (χ1v) is 9.66. The Morgan fingerprint density at radius 3 is 2.52 bits per heavy atom. The lowest BCUT2D eigenvalue weighted by Gasteiger charge is -2.38. The first-order valence-electron chi connectivity index (χ1n) is 8.18. The van der Waals surface area contributed by atoms with Crippen LogP contribution in [0.3, 0.4) is 0 Å². The summed E-state index contributed by atoms with van der Waals surface area (Å²) in [4.78, 5) is 4.06. The van der Waals surface area contributed by atoms with Crippen LogP contribution < -0.4 is 9.46 Å². The van der Waals surface area contributed by atoms with Gasteiger partial charge < -0.3 is 9.47 Å². The zero-order valence-corrected chi connectivity index (χ0v) is 15.0. The number of methoxy groups -OCH3 is 1. The van der Waals surface area contributed by atoms with E-state index in [4.69, 9.17) is 9.47 Å². The minimum absolute atomic E-state index is 0.173. The number of hydrogen-bond acceptors (Lipinski definition) is 5. The van der Waals surface area contributed by atoms with Crippen LogP contribution in [0, 0.1) is 0 Å². The van der Waals surface area contributed by atoms with Gasteiger partial charge in [-0.25, -0.2) is 13.1 Å². The molecule has 1 aliphatic rings. The molecule has 1 aliphatic heterocycles. The Balaban J connectivity index is 1.83. The highest BCUT2D eigenvalue weighted by Gasteiger charge is 2.35. The van der Waals surface area contributed by atoms with Gasteiger partial charge in [-0.15, -0.1) is 0 Å². The normalized spacial score (nSPS) is 17.2. The summed E-state index contributed by atoms with van der Waals surface area (Å²) in [5.74, 6) is 0.780. The average molecular weight is 362 g/mol. The highest BCUT2D eigenvalue weighted by atomic mass is 32.2. The molecule has 0 spiro atoms. The van der Waals surface area contributed by atoms with Crippen LogP contribution in [0.4, 0.5) is 0 Å². The predicted molar refractivity (Wildman–Crippen MR) is 94.2 cm³/mol. The lowest BCUT2D eigenvalue weighted by atomic mass is 9.74. The van der Waals surface area contributed by atoms with Gasteiger partial charge in [0.1, 0.15) is 10.6 Å². The molecule has 1 saturated heterocycles. The molecule has 7 heteroatoms. The first kappa shape index (κ1) is 17.8. The van der Waals surface area contributed by atoms with Gasteiger partial charge in [0.05, 0.1) is 7.11 Å². The summed E-state index contributed by atoms with van der Waals surface area (Å²) >= 11 is 0. The Morgan fingerprint density at radius 2 is 1.92 bits per heavy atom. The number of hydrogen-bond donors (Lipinski definition) is 1. The second-order valence-electron chi connectivity index (χ2n) is 6.13. The van der Waals surface area contributed by atoms with E-state index in [1.54, 1.807) is 25.4 Å². The van der Waals surface area contributed by atoms with E-state index in [-0.39, 0.29) is 10.3 Å². The highest BCUT2D eigenvalue weighted by molar-refractivity contribution is 7.89. The molecule has 0 saturated carbocycles. The second-order valence-corrected chi connectivity index (χ2v) is 7.90. The van der Waals surface area contributed by atoms with Crippen LogP contribution in [-0.2, 0) is 20.2 Å². The lowest BCUT2D eigenvalue weighted by Crippen LogP contribution is -2.44. The molecule has 1 aromatic carbocycles. The molecule has 0 aliphatic carbocycles. The van der Waals surface area contributed by atoms with Crippen LogP contribution in [0.5, 0.6) is 5.75 Å². The van der Waals surface area contributed by atoms with Gasteiger partial charge in [-0.2, -0.15) is 0 Å². The first-order chi connectivity index (χ1) is 12.1. The molecular formula is C18H22N2O4S. The van der Waals surface area contributed by atoms with Crippen molar-refractivity contribution in [3.05, 3.63) is 54.4 Å². The highest BCUT2D eigenvalue weighted by Crippen LogP contribution is 2.35. The molecule has 0 atom stereocenters. The summed E-state index contributed by atoms with van der Waals surface area (Å²) in [7, 11) is -1.97. The summed E-state index contributed by atoms with van der Waals surface area (Å²) in [6.07, 6.45) is 4.42. The van der Waals surface area contributed by atoms with E-state index in [1.165, 1.54) is 6.20 Å². The van der Waals surface area contributed by atoms with Gasteiger partial charge in [0.25, 0.3) is 0 Å². The molecule has 134 valence electrons. The number of pyridine rings is 1. The van der Waals surface area contributed by atoms with E-state index < -0.39 is 10.0 Å². The van der Waals surface area contributed by atoms with Gasteiger partial charge in [-0.05, 0) is 42.7 Å². The van der Waals surface area contributed by atoms with Crippen molar-refractivity contribution in [1.29, 1.82) is 0 Å². The molecule has 2 aromatic rings. The van der Waals surface area contributed by atoms with Crippen LogP contribution in [0.15, 0.2) is 53.7 Å². The molecule has 6 nitrogen and oxygen atoms in total. The number of nitrogens with zero attached hydrogens (tertiary/aromatic N) is 1. The van der Waals surface area contributed by atoms with Crippen molar-refractivity contribution in [3.8, 4) is 5.75 Å². The van der Waals surface area contributed by atoms with Gasteiger partial charge in [0.15, 0.2) is 0 Å². The van der Waals surface area contributed by atoms with Crippen LogP contribution >= 0.6 is 0 Å². The van der Waals surface area contributed by atoms with Crippen molar-refractivity contribution in [2.75, 3.05) is 26.9 Å². The van der Waals surface area contributed by atoms with Crippen molar-refractivity contribution in [2.24, 2.45) is 0 Å². The number of sulfonamides is 1. The van der Waals surface area contributed by atoms with Crippen LogP contribution in [0.1, 0.15) is 18.4 Å². The van der Waals surface area contributed by atoms with Gasteiger partial charge in [0, 0.05) is 37.6 Å². The van der Waals surface area contributed by atoms with E-state index in [0.29, 0.717) is 19.8 Å². The van der Waals surface area contributed by atoms with E-state index in [0.717, 1.165) is 24.2 Å². The van der Waals surface area contributed by atoms with Crippen molar-refractivity contribution in [3.63, 3.8) is 0 Å². The molecule has 0 bridgehead atoms. The topological polar surface area (TPSA) is 77.5 Å². The Labute approximate surface area is 148 Å². The average Bonchev–Trinajstić information content (AvgIpc) is 2.68. The Morgan fingerprint density at radius 1 is 1.20 bits per heavy atom. The van der Waals surface area contributed by atoms with Crippen LogP contribution in [0.2, 0.25) is 0 Å². The number of ether oxygens (including phenoxy) is 2. The predicted octanol–water partition coefficient (Wildman–Crippen LogP) is 2.12. The van der Waals surface area contributed by atoms with Gasteiger partial charge >= 0.3 is 0 Å². The third-order valence-electron chi connectivity index (χ3n) is 4.70. The molecule has 3 rings (SSSR count). The van der Waals surface area contributed by atoms with E-state index in [1.807, 2.05) is 24.3 Å². The maximum atomic E-state index is 12.5. The van der Waals surface area contributed by atoms with Crippen molar-refractivity contribution < 1.29 is 17.9 Å². The maximum absolute atomic E-state index is 12.5. The molecule has 25 heavy (non-hydrogen) atoms. The number of nitrogens with one attached hydrogen (secondary N) is 1. The zero-order chi connectivity index (χ0) is 17.8. The molecule has 0 radical (unpaired) electrons. The summed E-state index contributed by atoms with van der Waals surface area (Å²) < 4.78 is 38.6. The van der Waals surface area contributed by atoms with Crippen LogP contribution in [0.25, 0.3) is 0 Å². The Bertz CT molecular complexity index is 786.